The van der Waals surface area contributed by atoms with E-state index in [1.54, 1.807) is 11.3 Å². The Morgan fingerprint density at radius 1 is 1.10 bits per heavy atom. The monoisotopic (exact) mass is 275 g/mol. The molecule has 0 atom stereocenters. The second kappa shape index (κ2) is 5.32. The van der Waals surface area contributed by atoms with Gasteiger partial charge in [-0.2, -0.15) is 5.26 Å². The Morgan fingerprint density at radius 3 is 2.60 bits per heavy atom. The van der Waals surface area contributed by atoms with Crippen molar-refractivity contribution >= 4 is 33.8 Å². The predicted octanol–water partition coefficient (Wildman–Crippen LogP) is 5.27. The third-order valence-electron chi connectivity index (χ3n) is 3.36. The summed E-state index contributed by atoms with van der Waals surface area (Å²) < 4.78 is 0. The number of allylic oxidation sites excluding steroid dienone is 1. The van der Waals surface area contributed by atoms with Crippen LogP contribution in [0.1, 0.15) is 16.0 Å². The second-order valence-electron chi connectivity index (χ2n) is 4.70. The maximum Gasteiger partial charge on any atom is 0.0998 e. The number of thiophene rings is 1. The van der Waals surface area contributed by atoms with Crippen molar-refractivity contribution in [1.29, 1.82) is 5.26 Å². The van der Waals surface area contributed by atoms with Crippen LogP contribution in [0.2, 0.25) is 0 Å². The summed E-state index contributed by atoms with van der Waals surface area (Å²) >= 11 is 1.66. The van der Waals surface area contributed by atoms with Gasteiger partial charge in [0.1, 0.15) is 0 Å². The lowest BCUT2D eigenvalue weighted by Crippen LogP contribution is -1.83. The molecular weight excluding hydrogens is 262 g/mol. The van der Waals surface area contributed by atoms with Crippen LogP contribution in [-0.4, -0.2) is 0 Å². The highest BCUT2D eigenvalue weighted by Gasteiger charge is 2.04. The molecule has 1 nitrogen and oxygen atoms in total. The van der Waals surface area contributed by atoms with E-state index in [2.05, 4.69) is 48.7 Å². The minimum absolute atomic E-state index is 0.710. The molecule has 0 unspecified atom stereocenters. The van der Waals surface area contributed by atoms with Crippen molar-refractivity contribution in [3.8, 4) is 6.07 Å². The van der Waals surface area contributed by atoms with Crippen LogP contribution in [0.4, 0.5) is 0 Å². The molecule has 1 aromatic heterocycles. The van der Waals surface area contributed by atoms with Crippen LogP contribution in [0, 0.1) is 18.3 Å². The molecule has 0 aliphatic heterocycles. The Kier molecular flexibility index (Phi) is 3.37. The van der Waals surface area contributed by atoms with E-state index < -0.39 is 0 Å². The number of nitriles is 1. The standard InChI is InChI=1S/C18H13NS/c1-13-8-9-20-18(13)11-17(12-19)16-7-6-14-4-2-3-5-15(14)10-16/h2-11H,1H3/b17-11-. The van der Waals surface area contributed by atoms with Gasteiger partial charge < -0.3 is 0 Å². The van der Waals surface area contributed by atoms with Gasteiger partial charge in [-0.25, -0.2) is 0 Å². The molecule has 0 saturated carbocycles. The van der Waals surface area contributed by atoms with Gasteiger partial charge in [0.05, 0.1) is 11.6 Å². The van der Waals surface area contributed by atoms with Gasteiger partial charge in [0.25, 0.3) is 0 Å². The first kappa shape index (κ1) is 12.7. The fraction of sp³-hybridized carbons (Fsp3) is 0.0556. The molecule has 3 aromatic rings. The SMILES string of the molecule is Cc1ccsc1/C=C(/C#N)c1ccc2ccccc2c1. The highest BCUT2D eigenvalue weighted by molar-refractivity contribution is 7.11. The van der Waals surface area contributed by atoms with E-state index in [0.717, 1.165) is 15.8 Å². The summed E-state index contributed by atoms with van der Waals surface area (Å²) in [6, 6.07) is 18.7. The minimum atomic E-state index is 0.710. The second-order valence-corrected chi connectivity index (χ2v) is 5.65. The highest BCUT2D eigenvalue weighted by Crippen LogP contribution is 2.25. The molecule has 0 N–H and O–H groups in total. The molecule has 0 spiro atoms. The van der Waals surface area contributed by atoms with E-state index in [9.17, 15) is 5.26 Å². The number of nitrogens with zero attached hydrogens (tertiary/aromatic N) is 1. The number of hydrogen-bond acceptors (Lipinski definition) is 2. The van der Waals surface area contributed by atoms with Crippen LogP contribution in [0.3, 0.4) is 0 Å². The van der Waals surface area contributed by atoms with Crippen molar-refractivity contribution in [2.24, 2.45) is 0 Å². The van der Waals surface area contributed by atoms with Crippen molar-refractivity contribution < 1.29 is 0 Å². The largest absolute Gasteiger partial charge is 0.192 e. The molecular formula is C18H13NS. The van der Waals surface area contributed by atoms with Crippen molar-refractivity contribution in [3.05, 3.63) is 69.9 Å². The van der Waals surface area contributed by atoms with Gasteiger partial charge >= 0.3 is 0 Å². The van der Waals surface area contributed by atoms with Crippen LogP contribution in [0.25, 0.3) is 22.4 Å². The van der Waals surface area contributed by atoms with E-state index in [0.29, 0.717) is 5.57 Å². The molecule has 0 aliphatic rings. The van der Waals surface area contributed by atoms with Gasteiger partial charge in [-0.1, -0.05) is 36.4 Å². The fourth-order valence-electron chi connectivity index (χ4n) is 2.20. The zero-order valence-electron chi connectivity index (χ0n) is 11.1. The first-order valence-corrected chi connectivity index (χ1v) is 7.31. The molecule has 2 heteroatoms. The Morgan fingerprint density at radius 2 is 1.90 bits per heavy atom. The van der Waals surface area contributed by atoms with Gasteiger partial charge in [-0.15, -0.1) is 11.3 Å². The van der Waals surface area contributed by atoms with Crippen LogP contribution in [0.5, 0.6) is 0 Å². The highest BCUT2D eigenvalue weighted by atomic mass is 32.1. The van der Waals surface area contributed by atoms with E-state index in [4.69, 9.17) is 0 Å². The van der Waals surface area contributed by atoms with Crippen molar-refractivity contribution in [3.63, 3.8) is 0 Å². The molecule has 3 rings (SSSR count). The Bertz CT molecular complexity index is 834. The normalized spacial score (nSPS) is 11.5. The summed E-state index contributed by atoms with van der Waals surface area (Å²) in [6.45, 7) is 2.07. The smallest absolute Gasteiger partial charge is 0.0998 e. The molecule has 0 bridgehead atoms. The number of rotatable bonds is 2. The van der Waals surface area contributed by atoms with Crippen LogP contribution in [-0.2, 0) is 0 Å². The van der Waals surface area contributed by atoms with Crippen LogP contribution >= 0.6 is 11.3 Å². The molecule has 0 aliphatic carbocycles. The number of hydrogen-bond donors (Lipinski definition) is 0. The quantitative estimate of drug-likeness (QED) is 0.584. The van der Waals surface area contributed by atoms with Gasteiger partial charge in [-0.3, -0.25) is 0 Å². The van der Waals surface area contributed by atoms with Gasteiger partial charge in [0, 0.05) is 4.88 Å². The fourth-order valence-corrected chi connectivity index (χ4v) is 3.06. The zero-order chi connectivity index (χ0) is 13.9. The van der Waals surface area contributed by atoms with Crippen LogP contribution < -0.4 is 0 Å². The zero-order valence-corrected chi connectivity index (χ0v) is 11.9. The molecule has 96 valence electrons. The van der Waals surface area contributed by atoms with Gasteiger partial charge in [0.15, 0.2) is 0 Å². The Hall–Kier alpha value is -2.37. The lowest BCUT2D eigenvalue weighted by molar-refractivity contribution is 1.52. The third kappa shape index (κ3) is 2.36. The number of benzene rings is 2. The molecule has 0 fully saturated rings. The molecule has 0 radical (unpaired) electrons. The summed E-state index contributed by atoms with van der Waals surface area (Å²) in [4.78, 5) is 1.15. The maximum atomic E-state index is 9.43. The van der Waals surface area contributed by atoms with Gasteiger partial charge in [0.2, 0.25) is 0 Å². The molecule has 2 aromatic carbocycles. The lowest BCUT2D eigenvalue weighted by Gasteiger charge is -2.02. The summed E-state index contributed by atoms with van der Waals surface area (Å²) in [5.41, 5.74) is 2.89. The maximum absolute atomic E-state index is 9.43. The minimum Gasteiger partial charge on any atom is -0.192 e. The summed E-state index contributed by atoms with van der Waals surface area (Å²) in [5, 5.41) is 13.8. The molecule has 20 heavy (non-hydrogen) atoms. The van der Waals surface area contributed by atoms with E-state index >= 15 is 0 Å². The van der Waals surface area contributed by atoms with Crippen molar-refractivity contribution in [2.45, 2.75) is 6.92 Å². The first-order valence-electron chi connectivity index (χ1n) is 6.43. The van der Waals surface area contributed by atoms with Gasteiger partial charge in [-0.05, 0) is 52.4 Å². The Labute approximate surface area is 122 Å². The molecule has 0 amide bonds. The summed E-state index contributed by atoms with van der Waals surface area (Å²) in [6.07, 6.45) is 1.98. The number of aryl methyl sites for hydroxylation is 1. The molecule has 0 saturated heterocycles. The Balaban J connectivity index is 2.10. The number of fused-ring (bicyclic) bond motifs is 1. The average Bonchev–Trinajstić information content (AvgIpc) is 2.89. The van der Waals surface area contributed by atoms with E-state index in [-0.39, 0.29) is 0 Å². The predicted molar refractivity (Wildman–Crippen MR) is 86.5 cm³/mol. The van der Waals surface area contributed by atoms with Crippen LogP contribution in [0.15, 0.2) is 53.9 Å². The lowest BCUT2D eigenvalue weighted by atomic mass is 10.0. The summed E-state index contributed by atoms with van der Waals surface area (Å²) in [7, 11) is 0. The average molecular weight is 275 g/mol. The molecule has 1 heterocycles. The van der Waals surface area contributed by atoms with E-state index in [1.807, 2.05) is 24.3 Å². The van der Waals surface area contributed by atoms with Crippen molar-refractivity contribution in [1.82, 2.24) is 0 Å². The van der Waals surface area contributed by atoms with E-state index in [1.165, 1.54) is 10.9 Å². The summed E-state index contributed by atoms with van der Waals surface area (Å²) in [5.74, 6) is 0. The topological polar surface area (TPSA) is 23.8 Å². The first-order chi connectivity index (χ1) is 9.78. The van der Waals surface area contributed by atoms with Crippen molar-refractivity contribution in [2.75, 3.05) is 0 Å². The third-order valence-corrected chi connectivity index (χ3v) is 4.32.